The molecule has 0 aliphatic rings. The summed E-state index contributed by atoms with van der Waals surface area (Å²) < 4.78 is 41.7. The topological polar surface area (TPSA) is 73.0 Å². The monoisotopic (exact) mass is 274 g/mol. The van der Waals surface area contributed by atoms with E-state index < -0.39 is 18.6 Å². The van der Waals surface area contributed by atoms with Crippen molar-refractivity contribution in [1.29, 1.82) is 0 Å². The third kappa shape index (κ3) is 3.57. The summed E-state index contributed by atoms with van der Waals surface area (Å²) in [6, 6.07) is 1.41. The zero-order valence-electron chi connectivity index (χ0n) is 9.73. The molecule has 102 valence electrons. The van der Waals surface area contributed by atoms with Crippen molar-refractivity contribution in [3.05, 3.63) is 29.9 Å². The normalized spacial score (nSPS) is 11.6. The van der Waals surface area contributed by atoms with E-state index in [-0.39, 0.29) is 11.4 Å². The highest BCUT2D eigenvalue weighted by Crippen LogP contribution is 2.18. The van der Waals surface area contributed by atoms with Gasteiger partial charge in [-0.2, -0.15) is 18.3 Å². The van der Waals surface area contributed by atoms with Gasteiger partial charge in [-0.15, -0.1) is 0 Å². The maximum absolute atomic E-state index is 12.1. The third-order valence-corrected chi connectivity index (χ3v) is 2.08. The first kappa shape index (κ1) is 13.1. The second-order valence-electron chi connectivity index (χ2n) is 3.83. The first-order valence-corrected chi connectivity index (χ1v) is 5.17. The van der Waals surface area contributed by atoms with E-state index in [0.717, 1.165) is 12.4 Å². The summed E-state index contributed by atoms with van der Waals surface area (Å²) in [4.78, 5) is 11.6. The Balaban J connectivity index is 2.02. The lowest BCUT2D eigenvalue weighted by Gasteiger charge is -2.05. The molecular weight excluding hydrogens is 265 g/mol. The fourth-order valence-electron chi connectivity index (χ4n) is 1.36. The number of halogens is 3. The Hall–Kier alpha value is -2.32. The van der Waals surface area contributed by atoms with Gasteiger partial charge >= 0.3 is 6.18 Å². The molecule has 0 atom stereocenters. The van der Waals surface area contributed by atoms with E-state index in [9.17, 15) is 18.0 Å². The van der Waals surface area contributed by atoms with Crippen LogP contribution in [0.4, 0.5) is 18.9 Å². The minimum absolute atomic E-state index is 0.0268. The lowest BCUT2D eigenvalue weighted by molar-refractivity contribution is -0.142. The maximum atomic E-state index is 12.1. The van der Waals surface area contributed by atoms with Crippen LogP contribution in [0.1, 0.15) is 16.2 Å². The molecule has 2 aromatic heterocycles. The van der Waals surface area contributed by atoms with Crippen molar-refractivity contribution in [1.82, 2.24) is 14.9 Å². The lowest BCUT2D eigenvalue weighted by Crippen LogP contribution is -2.17. The number of aromatic nitrogens is 3. The summed E-state index contributed by atoms with van der Waals surface area (Å²) in [5.41, 5.74) is 0.668. The van der Waals surface area contributed by atoms with E-state index in [4.69, 9.17) is 4.52 Å². The highest BCUT2D eigenvalue weighted by Gasteiger charge is 2.28. The van der Waals surface area contributed by atoms with Crippen molar-refractivity contribution in [2.24, 2.45) is 0 Å². The van der Waals surface area contributed by atoms with Gasteiger partial charge in [-0.25, -0.2) is 0 Å². The molecule has 0 aliphatic carbocycles. The van der Waals surface area contributed by atoms with Gasteiger partial charge in [0.25, 0.3) is 5.91 Å². The number of alkyl halides is 3. The Morgan fingerprint density at radius 3 is 2.84 bits per heavy atom. The molecule has 19 heavy (non-hydrogen) atoms. The number of hydrogen-bond donors (Lipinski definition) is 1. The molecule has 1 N–H and O–H groups in total. The van der Waals surface area contributed by atoms with E-state index >= 15 is 0 Å². The lowest BCUT2D eigenvalue weighted by atomic mass is 10.3. The first-order chi connectivity index (χ1) is 8.83. The summed E-state index contributed by atoms with van der Waals surface area (Å²) in [6.45, 7) is 0.423. The van der Waals surface area contributed by atoms with Crippen LogP contribution in [0.15, 0.2) is 23.0 Å². The molecule has 2 aromatic rings. The molecule has 2 rings (SSSR count). The number of carbonyl (C=O) groups is 1. The number of nitrogens with one attached hydrogen (secondary N) is 1. The number of rotatable bonds is 3. The van der Waals surface area contributed by atoms with Crippen molar-refractivity contribution >= 4 is 11.6 Å². The summed E-state index contributed by atoms with van der Waals surface area (Å²) in [5, 5.41) is 9.37. The first-order valence-electron chi connectivity index (χ1n) is 5.17. The fourth-order valence-corrected chi connectivity index (χ4v) is 1.36. The van der Waals surface area contributed by atoms with E-state index in [0.29, 0.717) is 10.4 Å². The Labute approximate surface area is 105 Å². The number of aryl methyl sites for hydroxylation is 1. The Morgan fingerprint density at radius 2 is 2.26 bits per heavy atom. The van der Waals surface area contributed by atoms with E-state index in [1.807, 2.05) is 0 Å². The number of hydrogen-bond acceptors (Lipinski definition) is 4. The van der Waals surface area contributed by atoms with Gasteiger partial charge in [-0.1, -0.05) is 5.16 Å². The van der Waals surface area contributed by atoms with Gasteiger partial charge in [-0.3, -0.25) is 9.48 Å². The number of anilines is 1. The van der Waals surface area contributed by atoms with Gasteiger partial charge in [0, 0.05) is 12.3 Å². The van der Waals surface area contributed by atoms with Gasteiger partial charge in [-0.05, 0) is 6.92 Å². The predicted octanol–water partition coefficient (Wildman–Crippen LogP) is 1.99. The third-order valence-electron chi connectivity index (χ3n) is 2.08. The van der Waals surface area contributed by atoms with E-state index in [1.165, 1.54) is 6.07 Å². The van der Waals surface area contributed by atoms with E-state index in [2.05, 4.69) is 15.6 Å². The zero-order valence-corrected chi connectivity index (χ0v) is 9.73. The van der Waals surface area contributed by atoms with Crippen LogP contribution in [0.2, 0.25) is 0 Å². The molecule has 1 amide bonds. The number of carbonyl (C=O) groups excluding carboxylic acids is 1. The van der Waals surface area contributed by atoms with Crippen molar-refractivity contribution < 1.29 is 22.5 Å². The molecule has 0 saturated heterocycles. The van der Waals surface area contributed by atoms with Gasteiger partial charge in [0.1, 0.15) is 6.54 Å². The smallest absolute Gasteiger partial charge is 0.351 e. The molecule has 0 fully saturated rings. The molecule has 0 aromatic carbocycles. The van der Waals surface area contributed by atoms with Gasteiger partial charge in [0.15, 0.2) is 0 Å². The molecule has 0 saturated carbocycles. The number of nitrogens with zero attached hydrogens (tertiary/aromatic N) is 3. The second kappa shape index (κ2) is 4.75. The van der Waals surface area contributed by atoms with Crippen LogP contribution in [0.5, 0.6) is 0 Å². The summed E-state index contributed by atoms with van der Waals surface area (Å²) in [7, 11) is 0. The van der Waals surface area contributed by atoms with Gasteiger partial charge in [0.05, 0.1) is 17.6 Å². The Bertz CT molecular complexity index is 588. The van der Waals surface area contributed by atoms with Gasteiger partial charge < -0.3 is 9.84 Å². The van der Waals surface area contributed by atoms with Crippen LogP contribution >= 0.6 is 0 Å². The van der Waals surface area contributed by atoms with Crippen molar-refractivity contribution in [2.75, 3.05) is 5.32 Å². The molecule has 0 unspecified atom stereocenters. The van der Waals surface area contributed by atoms with Crippen LogP contribution in [0.3, 0.4) is 0 Å². The van der Waals surface area contributed by atoms with Crippen LogP contribution < -0.4 is 5.32 Å². The van der Waals surface area contributed by atoms with Crippen LogP contribution in [-0.2, 0) is 6.54 Å². The standard InChI is InChI=1S/C10H9F3N4O2/c1-6-2-8(19-16-6)9(18)15-7-3-14-17(4-7)5-10(11,12)13/h2-4H,5H2,1H3,(H,15,18). The molecule has 9 heteroatoms. The average Bonchev–Trinajstić information content (AvgIpc) is 2.85. The van der Waals surface area contributed by atoms with Crippen molar-refractivity contribution in [3.8, 4) is 0 Å². The van der Waals surface area contributed by atoms with Gasteiger partial charge in [0.2, 0.25) is 5.76 Å². The summed E-state index contributed by atoms with van der Waals surface area (Å²) >= 11 is 0. The summed E-state index contributed by atoms with van der Waals surface area (Å²) in [6.07, 6.45) is -2.17. The molecule has 0 spiro atoms. The molecule has 2 heterocycles. The SMILES string of the molecule is Cc1cc(C(=O)Nc2cnn(CC(F)(F)F)c2)on1. The maximum Gasteiger partial charge on any atom is 0.408 e. The minimum atomic E-state index is -4.37. The zero-order chi connectivity index (χ0) is 14.0. The van der Waals surface area contributed by atoms with Crippen molar-refractivity contribution in [3.63, 3.8) is 0 Å². The van der Waals surface area contributed by atoms with Crippen LogP contribution in [0, 0.1) is 6.92 Å². The molecule has 6 nitrogen and oxygen atoms in total. The number of amides is 1. The second-order valence-corrected chi connectivity index (χ2v) is 3.83. The summed E-state index contributed by atoms with van der Waals surface area (Å²) in [5.74, 6) is -0.631. The molecule has 0 radical (unpaired) electrons. The minimum Gasteiger partial charge on any atom is -0.351 e. The molecule has 0 bridgehead atoms. The highest BCUT2D eigenvalue weighted by molar-refractivity contribution is 6.02. The highest BCUT2D eigenvalue weighted by atomic mass is 19.4. The van der Waals surface area contributed by atoms with Crippen molar-refractivity contribution in [2.45, 2.75) is 19.6 Å². The average molecular weight is 274 g/mol. The predicted molar refractivity (Wildman–Crippen MR) is 57.5 cm³/mol. The fraction of sp³-hybridized carbons (Fsp3) is 0.300. The molecule has 0 aliphatic heterocycles. The van der Waals surface area contributed by atoms with E-state index in [1.54, 1.807) is 6.92 Å². The van der Waals surface area contributed by atoms with Crippen LogP contribution in [-0.4, -0.2) is 27.0 Å². The molecular formula is C10H9F3N4O2. The quantitative estimate of drug-likeness (QED) is 0.929. The Kier molecular flexibility index (Phi) is 3.28. The Morgan fingerprint density at radius 1 is 1.53 bits per heavy atom. The van der Waals surface area contributed by atoms with Crippen LogP contribution in [0.25, 0.3) is 0 Å². The largest absolute Gasteiger partial charge is 0.408 e.